The van der Waals surface area contributed by atoms with Gasteiger partial charge in [0.2, 0.25) is 0 Å². The van der Waals surface area contributed by atoms with Crippen molar-refractivity contribution in [3.05, 3.63) is 63.7 Å². The second kappa shape index (κ2) is 5.98. The van der Waals surface area contributed by atoms with Crippen LogP contribution in [0.25, 0.3) is 0 Å². The molecule has 0 saturated heterocycles. The highest BCUT2D eigenvalue weighted by atomic mass is 35.5. The van der Waals surface area contributed by atoms with E-state index in [9.17, 15) is 13.2 Å². The second-order valence-electron chi connectivity index (χ2n) is 4.97. The van der Waals surface area contributed by atoms with E-state index in [1.807, 2.05) is 32.0 Å². The van der Waals surface area contributed by atoms with Crippen molar-refractivity contribution in [1.82, 2.24) is 0 Å². The maximum atomic E-state index is 13.0. The van der Waals surface area contributed by atoms with Crippen molar-refractivity contribution < 1.29 is 13.2 Å². The number of hydrogen-bond acceptors (Lipinski definition) is 1. The number of hydrogen-bond donors (Lipinski definition) is 1. The third-order valence-corrected chi connectivity index (χ3v) is 3.50. The van der Waals surface area contributed by atoms with Crippen LogP contribution in [-0.4, -0.2) is 0 Å². The van der Waals surface area contributed by atoms with Gasteiger partial charge in [-0.05, 0) is 43.2 Å². The topological polar surface area (TPSA) is 12.0 Å². The summed E-state index contributed by atoms with van der Waals surface area (Å²) < 4.78 is 39.0. The van der Waals surface area contributed by atoms with Crippen molar-refractivity contribution in [2.75, 3.05) is 5.32 Å². The van der Waals surface area contributed by atoms with E-state index in [0.717, 1.165) is 22.8 Å². The van der Waals surface area contributed by atoms with Crippen molar-refractivity contribution in [3.63, 3.8) is 0 Å². The fraction of sp³-hybridized carbons (Fsp3) is 0.250. The van der Waals surface area contributed by atoms with Crippen LogP contribution in [0, 0.1) is 13.8 Å². The molecule has 0 heterocycles. The summed E-state index contributed by atoms with van der Waals surface area (Å²) in [5.41, 5.74) is 2.37. The monoisotopic (exact) mass is 313 g/mol. The van der Waals surface area contributed by atoms with E-state index in [0.29, 0.717) is 6.54 Å². The lowest BCUT2D eigenvalue weighted by Gasteiger charge is -2.16. The molecular formula is C16H15ClF3N. The largest absolute Gasteiger partial charge is 0.418 e. The molecule has 1 N–H and O–H groups in total. The summed E-state index contributed by atoms with van der Waals surface area (Å²) in [4.78, 5) is 0. The molecule has 0 unspecified atom stereocenters. The van der Waals surface area contributed by atoms with Crippen LogP contribution in [0.1, 0.15) is 22.3 Å². The Balaban J connectivity index is 2.26. The summed E-state index contributed by atoms with van der Waals surface area (Å²) in [5.74, 6) is 0. The summed E-state index contributed by atoms with van der Waals surface area (Å²) in [6, 6.07) is 9.64. The number of halogens is 4. The Morgan fingerprint density at radius 3 is 2.43 bits per heavy atom. The highest BCUT2D eigenvalue weighted by Gasteiger charge is 2.33. The predicted molar refractivity (Wildman–Crippen MR) is 79.7 cm³/mol. The van der Waals surface area contributed by atoms with E-state index in [4.69, 9.17) is 11.6 Å². The molecule has 0 aliphatic rings. The Bertz CT molecular complexity index is 650. The predicted octanol–water partition coefficient (Wildman–Crippen LogP) is 5.59. The average Bonchev–Trinajstić information content (AvgIpc) is 2.40. The number of aryl methyl sites for hydroxylation is 2. The summed E-state index contributed by atoms with van der Waals surface area (Å²) in [6.45, 7) is 4.22. The normalized spacial score (nSPS) is 11.5. The smallest absolute Gasteiger partial charge is 0.380 e. The van der Waals surface area contributed by atoms with E-state index < -0.39 is 11.7 Å². The maximum absolute atomic E-state index is 13.0. The zero-order valence-corrected chi connectivity index (χ0v) is 12.4. The molecule has 0 fully saturated rings. The molecule has 0 atom stereocenters. The SMILES string of the molecule is Cc1ccc(C)c(CNc2ccc(Cl)cc2C(F)(F)F)c1. The van der Waals surface area contributed by atoms with Gasteiger partial charge in [0.1, 0.15) is 0 Å². The van der Waals surface area contributed by atoms with Crippen molar-refractivity contribution in [1.29, 1.82) is 0 Å². The lowest BCUT2D eigenvalue weighted by atomic mass is 10.1. The number of nitrogens with one attached hydrogen (secondary N) is 1. The molecule has 0 aromatic heterocycles. The zero-order chi connectivity index (χ0) is 15.6. The minimum absolute atomic E-state index is 0.0350. The van der Waals surface area contributed by atoms with Gasteiger partial charge in [0.25, 0.3) is 0 Å². The number of alkyl halides is 3. The number of anilines is 1. The first kappa shape index (κ1) is 15.7. The first-order chi connectivity index (χ1) is 9.77. The van der Waals surface area contributed by atoms with Crippen molar-refractivity contribution >= 4 is 17.3 Å². The molecule has 0 aliphatic carbocycles. The van der Waals surface area contributed by atoms with Crippen LogP contribution in [0.5, 0.6) is 0 Å². The van der Waals surface area contributed by atoms with Gasteiger partial charge in [0.15, 0.2) is 0 Å². The van der Waals surface area contributed by atoms with Crippen LogP contribution in [0.15, 0.2) is 36.4 Å². The van der Waals surface area contributed by atoms with E-state index in [-0.39, 0.29) is 10.7 Å². The van der Waals surface area contributed by atoms with E-state index in [1.54, 1.807) is 0 Å². The molecule has 5 heteroatoms. The fourth-order valence-corrected chi connectivity index (χ4v) is 2.26. The number of rotatable bonds is 3. The maximum Gasteiger partial charge on any atom is 0.418 e. The summed E-state index contributed by atoms with van der Waals surface area (Å²) in [7, 11) is 0. The molecule has 2 aromatic carbocycles. The van der Waals surface area contributed by atoms with Crippen LogP contribution in [0.2, 0.25) is 5.02 Å². The van der Waals surface area contributed by atoms with E-state index in [1.165, 1.54) is 12.1 Å². The Labute approximate surface area is 126 Å². The molecule has 2 aromatic rings. The van der Waals surface area contributed by atoms with Crippen molar-refractivity contribution in [3.8, 4) is 0 Å². The zero-order valence-electron chi connectivity index (χ0n) is 11.7. The molecule has 0 saturated carbocycles. The van der Waals surface area contributed by atoms with Gasteiger partial charge in [-0.1, -0.05) is 35.4 Å². The van der Waals surface area contributed by atoms with Crippen LogP contribution in [0.4, 0.5) is 18.9 Å². The summed E-state index contributed by atoms with van der Waals surface area (Å²) in [6.07, 6.45) is -4.44. The van der Waals surface area contributed by atoms with Crippen LogP contribution >= 0.6 is 11.6 Å². The molecule has 0 radical (unpaired) electrons. The Morgan fingerprint density at radius 2 is 1.76 bits per heavy atom. The van der Waals surface area contributed by atoms with Gasteiger partial charge in [-0.2, -0.15) is 13.2 Å². The van der Waals surface area contributed by atoms with Gasteiger partial charge in [-0.25, -0.2) is 0 Å². The molecule has 2 rings (SSSR count). The Morgan fingerprint density at radius 1 is 1.05 bits per heavy atom. The highest BCUT2D eigenvalue weighted by Crippen LogP contribution is 2.36. The van der Waals surface area contributed by atoms with E-state index in [2.05, 4.69) is 5.32 Å². The molecule has 0 aliphatic heterocycles. The van der Waals surface area contributed by atoms with Crippen molar-refractivity contribution in [2.45, 2.75) is 26.6 Å². The minimum Gasteiger partial charge on any atom is -0.380 e. The second-order valence-corrected chi connectivity index (χ2v) is 5.41. The van der Waals surface area contributed by atoms with Gasteiger partial charge in [0, 0.05) is 17.3 Å². The first-order valence-corrected chi connectivity index (χ1v) is 6.82. The van der Waals surface area contributed by atoms with Gasteiger partial charge in [-0.15, -0.1) is 0 Å². The molecule has 0 spiro atoms. The molecule has 0 bridgehead atoms. The van der Waals surface area contributed by atoms with Crippen LogP contribution in [-0.2, 0) is 12.7 Å². The standard InChI is InChI=1S/C16H15ClF3N/c1-10-3-4-11(2)12(7-10)9-21-15-6-5-13(17)8-14(15)16(18,19)20/h3-8,21H,9H2,1-2H3. The van der Waals surface area contributed by atoms with Crippen molar-refractivity contribution in [2.24, 2.45) is 0 Å². The number of benzene rings is 2. The Hall–Kier alpha value is -1.68. The van der Waals surface area contributed by atoms with Gasteiger partial charge < -0.3 is 5.32 Å². The molecule has 0 amide bonds. The summed E-state index contributed by atoms with van der Waals surface area (Å²) >= 11 is 5.66. The Kier molecular flexibility index (Phi) is 4.47. The lowest BCUT2D eigenvalue weighted by Crippen LogP contribution is -2.11. The fourth-order valence-electron chi connectivity index (χ4n) is 2.09. The van der Waals surface area contributed by atoms with Gasteiger partial charge in [-0.3, -0.25) is 0 Å². The highest BCUT2D eigenvalue weighted by molar-refractivity contribution is 6.30. The average molecular weight is 314 g/mol. The van der Waals surface area contributed by atoms with Crippen LogP contribution in [0.3, 0.4) is 0 Å². The third-order valence-electron chi connectivity index (χ3n) is 3.26. The molecule has 21 heavy (non-hydrogen) atoms. The van der Waals surface area contributed by atoms with Gasteiger partial charge in [0.05, 0.1) is 5.56 Å². The molecule has 1 nitrogen and oxygen atoms in total. The summed E-state index contributed by atoms with van der Waals surface area (Å²) in [5, 5.41) is 2.92. The lowest BCUT2D eigenvalue weighted by molar-refractivity contribution is -0.136. The molecule has 112 valence electrons. The van der Waals surface area contributed by atoms with Gasteiger partial charge >= 0.3 is 6.18 Å². The molecular weight excluding hydrogens is 299 g/mol. The van der Waals surface area contributed by atoms with E-state index >= 15 is 0 Å². The first-order valence-electron chi connectivity index (χ1n) is 6.44. The van der Waals surface area contributed by atoms with Crippen LogP contribution < -0.4 is 5.32 Å². The third kappa shape index (κ3) is 3.91. The minimum atomic E-state index is -4.44. The quantitative estimate of drug-likeness (QED) is 0.779.